The second-order valence-corrected chi connectivity index (χ2v) is 5.22. The van der Waals surface area contributed by atoms with Crippen LogP contribution in [-0.4, -0.2) is 41.0 Å². The average Bonchev–Trinajstić information content (AvgIpc) is 2.93. The molecule has 1 aromatic heterocycles. The maximum Gasteiger partial charge on any atom is 0.0753 e. The van der Waals surface area contributed by atoms with E-state index in [4.69, 9.17) is 0 Å². The molecule has 0 amide bonds. The predicted molar refractivity (Wildman–Crippen MR) is 73.3 cm³/mol. The monoisotopic (exact) mass is 248 g/mol. The normalized spacial score (nSPS) is 18.4. The predicted octanol–water partition coefficient (Wildman–Crippen LogP) is 2.00. The van der Waals surface area contributed by atoms with E-state index in [1.54, 1.807) is 12.4 Å². The van der Waals surface area contributed by atoms with E-state index < -0.39 is 0 Å². The molecule has 1 aliphatic carbocycles. The van der Waals surface area contributed by atoms with E-state index in [1.165, 1.54) is 25.7 Å². The lowest BCUT2D eigenvalue weighted by Gasteiger charge is -2.24. The van der Waals surface area contributed by atoms with Gasteiger partial charge in [-0.3, -0.25) is 9.97 Å². The molecular formula is C14H24N4. The molecule has 1 heterocycles. The van der Waals surface area contributed by atoms with Gasteiger partial charge in [0, 0.05) is 43.8 Å². The maximum absolute atomic E-state index is 4.32. The molecule has 4 heteroatoms. The summed E-state index contributed by atoms with van der Waals surface area (Å²) < 4.78 is 0. The van der Waals surface area contributed by atoms with E-state index in [1.807, 2.05) is 6.20 Å². The minimum absolute atomic E-state index is 0.274. The maximum atomic E-state index is 4.32. The van der Waals surface area contributed by atoms with Crippen LogP contribution in [0.25, 0.3) is 0 Å². The summed E-state index contributed by atoms with van der Waals surface area (Å²) in [5.74, 6) is 0. The van der Waals surface area contributed by atoms with Gasteiger partial charge in [0.25, 0.3) is 0 Å². The Morgan fingerprint density at radius 2 is 2.17 bits per heavy atom. The molecule has 1 aliphatic rings. The summed E-state index contributed by atoms with van der Waals surface area (Å²) >= 11 is 0. The van der Waals surface area contributed by atoms with Crippen molar-refractivity contribution in [3.8, 4) is 0 Å². The first-order chi connectivity index (χ1) is 8.77. The van der Waals surface area contributed by atoms with Crippen molar-refractivity contribution in [2.45, 2.75) is 44.7 Å². The Hall–Kier alpha value is -1.00. The van der Waals surface area contributed by atoms with Gasteiger partial charge in [-0.15, -0.1) is 0 Å². The first-order valence-corrected chi connectivity index (χ1v) is 6.97. The fourth-order valence-electron chi connectivity index (χ4n) is 2.62. The highest BCUT2D eigenvalue weighted by atomic mass is 15.1. The van der Waals surface area contributed by atoms with E-state index in [0.29, 0.717) is 0 Å². The molecule has 100 valence electrons. The third-order valence-corrected chi connectivity index (χ3v) is 3.89. The van der Waals surface area contributed by atoms with Gasteiger partial charge in [0.2, 0.25) is 0 Å². The molecule has 1 atom stereocenters. The Balaban J connectivity index is 1.68. The van der Waals surface area contributed by atoms with E-state index in [-0.39, 0.29) is 6.04 Å². The molecule has 2 rings (SSSR count). The number of hydrogen-bond donors (Lipinski definition) is 1. The lowest BCUT2D eigenvalue weighted by atomic mass is 10.2. The van der Waals surface area contributed by atoms with E-state index >= 15 is 0 Å². The van der Waals surface area contributed by atoms with Crippen molar-refractivity contribution in [1.82, 2.24) is 20.2 Å². The summed E-state index contributed by atoms with van der Waals surface area (Å²) in [5.41, 5.74) is 1.01. The quantitative estimate of drug-likeness (QED) is 0.836. The molecular weight excluding hydrogens is 224 g/mol. The third-order valence-electron chi connectivity index (χ3n) is 3.89. The van der Waals surface area contributed by atoms with Crippen molar-refractivity contribution in [1.29, 1.82) is 0 Å². The number of nitrogens with zero attached hydrogens (tertiary/aromatic N) is 3. The second-order valence-electron chi connectivity index (χ2n) is 5.22. The van der Waals surface area contributed by atoms with Gasteiger partial charge in [0.05, 0.1) is 5.69 Å². The van der Waals surface area contributed by atoms with Crippen LogP contribution in [0.3, 0.4) is 0 Å². The van der Waals surface area contributed by atoms with Gasteiger partial charge in [-0.2, -0.15) is 0 Å². The molecule has 0 aliphatic heterocycles. The molecule has 0 aromatic carbocycles. The van der Waals surface area contributed by atoms with Crippen LogP contribution in [0.5, 0.6) is 0 Å². The molecule has 0 bridgehead atoms. The van der Waals surface area contributed by atoms with Crippen LogP contribution < -0.4 is 5.32 Å². The molecule has 1 saturated carbocycles. The molecule has 18 heavy (non-hydrogen) atoms. The number of hydrogen-bond acceptors (Lipinski definition) is 4. The topological polar surface area (TPSA) is 41.0 Å². The van der Waals surface area contributed by atoms with Crippen molar-refractivity contribution >= 4 is 0 Å². The van der Waals surface area contributed by atoms with Crippen molar-refractivity contribution in [2.24, 2.45) is 0 Å². The summed E-state index contributed by atoms with van der Waals surface area (Å²) in [6, 6.07) is 1.08. The van der Waals surface area contributed by atoms with Gasteiger partial charge in [0.15, 0.2) is 0 Å². The molecule has 0 saturated heterocycles. The van der Waals surface area contributed by atoms with Crippen LogP contribution in [0.2, 0.25) is 0 Å². The van der Waals surface area contributed by atoms with E-state index in [0.717, 1.165) is 24.8 Å². The van der Waals surface area contributed by atoms with Crippen molar-refractivity contribution < 1.29 is 0 Å². The lowest BCUT2D eigenvalue weighted by Crippen LogP contribution is -2.36. The van der Waals surface area contributed by atoms with Crippen molar-refractivity contribution in [3.05, 3.63) is 24.3 Å². The number of rotatable bonds is 6. The van der Waals surface area contributed by atoms with Gasteiger partial charge in [-0.1, -0.05) is 12.8 Å². The van der Waals surface area contributed by atoms with Crippen molar-refractivity contribution in [2.75, 3.05) is 20.1 Å². The fourth-order valence-corrected chi connectivity index (χ4v) is 2.62. The van der Waals surface area contributed by atoms with Crippen LogP contribution in [0.1, 0.15) is 44.3 Å². The summed E-state index contributed by atoms with van der Waals surface area (Å²) in [6.45, 7) is 4.25. The van der Waals surface area contributed by atoms with Crippen LogP contribution in [0.15, 0.2) is 18.6 Å². The Bertz CT molecular complexity index is 335. The van der Waals surface area contributed by atoms with E-state index in [2.05, 4.69) is 34.2 Å². The second kappa shape index (κ2) is 6.81. The zero-order valence-corrected chi connectivity index (χ0v) is 11.5. The Morgan fingerprint density at radius 3 is 2.83 bits per heavy atom. The highest BCUT2D eigenvalue weighted by Gasteiger charge is 2.19. The Kier molecular flexibility index (Phi) is 5.08. The van der Waals surface area contributed by atoms with Crippen LogP contribution >= 0.6 is 0 Å². The highest BCUT2D eigenvalue weighted by Crippen LogP contribution is 2.21. The lowest BCUT2D eigenvalue weighted by molar-refractivity contribution is 0.242. The number of nitrogens with one attached hydrogen (secondary N) is 1. The first kappa shape index (κ1) is 13.4. The van der Waals surface area contributed by atoms with Gasteiger partial charge >= 0.3 is 0 Å². The molecule has 1 fully saturated rings. The number of likely N-dealkylation sites (N-methyl/N-ethyl adjacent to an activating group) is 1. The molecule has 0 spiro atoms. The van der Waals surface area contributed by atoms with Gasteiger partial charge in [0.1, 0.15) is 0 Å². The first-order valence-electron chi connectivity index (χ1n) is 6.97. The molecule has 1 N–H and O–H groups in total. The zero-order chi connectivity index (χ0) is 12.8. The van der Waals surface area contributed by atoms with Gasteiger partial charge in [-0.25, -0.2) is 0 Å². The Labute approximate surface area is 110 Å². The largest absolute Gasteiger partial charge is 0.308 e. The smallest absolute Gasteiger partial charge is 0.0753 e. The van der Waals surface area contributed by atoms with Crippen LogP contribution in [-0.2, 0) is 0 Å². The molecule has 1 aromatic rings. The zero-order valence-electron chi connectivity index (χ0n) is 11.5. The number of aromatic nitrogens is 2. The summed E-state index contributed by atoms with van der Waals surface area (Å²) in [4.78, 5) is 10.9. The standard InChI is InChI=1S/C14H24N4/c1-12(14-11-15-7-8-17-14)16-9-10-18(2)13-5-3-4-6-13/h7-8,11-13,16H,3-6,9-10H2,1-2H3. The SMILES string of the molecule is CC(NCCN(C)C1CCCC1)c1cnccn1. The summed E-state index contributed by atoms with van der Waals surface area (Å²) in [5, 5.41) is 3.51. The molecule has 4 nitrogen and oxygen atoms in total. The molecule has 0 radical (unpaired) electrons. The van der Waals surface area contributed by atoms with Crippen LogP contribution in [0, 0.1) is 0 Å². The fraction of sp³-hybridized carbons (Fsp3) is 0.714. The van der Waals surface area contributed by atoms with E-state index in [9.17, 15) is 0 Å². The van der Waals surface area contributed by atoms with Crippen LogP contribution in [0.4, 0.5) is 0 Å². The van der Waals surface area contributed by atoms with Crippen molar-refractivity contribution in [3.63, 3.8) is 0 Å². The van der Waals surface area contributed by atoms with Gasteiger partial charge in [-0.05, 0) is 26.8 Å². The summed E-state index contributed by atoms with van der Waals surface area (Å²) in [6.07, 6.45) is 10.8. The minimum Gasteiger partial charge on any atom is -0.308 e. The highest BCUT2D eigenvalue weighted by molar-refractivity contribution is 5.00. The Morgan fingerprint density at radius 1 is 1.39 bits per heavy atom. The minimum atomic E-state index is 0.274. The van der Waals surface area contributed by atoms with Gasteiger partial charge < -0.3 is 10.2 Å². The third kappa shape index (κ3) is 3.75. The average molecular weight is 248 g/mol. The summed E-state index contributed by atoms with van der Waals surface area (Å²) in [7, 11) is 2.24. The molecule has 1 unspecified atom stereocenters.